The largest absolute Gasteiger partial charge is 0.369 e. The number of ketones is 4. The fourth-order valence-corrected chi connectivity index (χ4v) is 4.36. The zero-order valence-electron chi connectivity index (χ0n) is 24.9. The maximum absolute atomic E-state index is 12.6. The van der Waals surface area contributed by atoms with Crippen LogP contribution in [0.3, 0.4) is 0 Å². The number of nitrogens with two attached hydrogens (primary N) is 2. The van der Waals surface area contributed by atoms with Gasteiger partial charge in [0.15, 0.2) is 17.3 Å². The van der Waals surface area contributed by atoms with Crippen LogP contribution in [0.1, 0.15) is 121 Å². The predicted molar refractivity (Wildman–Crippen MR) is 165 cm³/mol. The van der Waals surface area contributed by atoms with Crippen LogP contribution in [-0.2, 0) is 16.0 Å². The Morgan fingerprint density at radius 1 is 0.619 bits per heavy atom. The summed E-state index contributed by atoms with van der Waals surface area (Å²) in [6.07, 6.45) is 6.21. The highest BCUT2D eigenvalue weighted by Gasteiger charge is 2.12. The van der Waals surface area contributed by atoms with E-state index in [-0.39, 0.29) is 41.4 Å². The maximum atomic E-state index is 12.6. The molecule has 2 rings (SSSR count). The number of guanidine groups is 1. The van der Waals surface area contributed by atoms with E-state index in [1.807, 2.05) is 6.07 Å². The molecule has 0 aliphatic rings. The first kappa shape index (κ1) is 33.7. The molecule has 0 fully saturated rings. The molecular formula is C32H41N5O5. The Labute approximate surface area is 247 Å². The number of nitrogens with one attached hydrogen (secondary N) is 1. The van der Waals surface area contributed by atoms with Crippen LogP contribution >= 0.6 is 0 Å². The van der Waals surface area contributed by atoms with E-state index in [9.17, 15) is 24.0 Å². The number of benzene rings is 2. The number of hydrogen-bond acceptors (Lipinski definition) is 7. The molecule has 224 valence electrons. The van der Waals surface area contributed by atoms with Crippen molar-refractivity contribution in [3.05, 3.63) is 64.2 Å². The van der Waals surface area contributed by atoms with Gasteiger partial charge < -0.3 is 16.8 Å². The van der Waals surface area contributed by atoms with Crippen LogP contribution in [0, 0.1) is 0 Å². The highest BCUT2D eigenvalue weighted by Crippen LogP contribution is 2.18. The smallest absolute Gasteiger partial charge is 0.224 e. The van der Waals surface area contributed by atoms with Crippen molar-refractivity contribution in [1.29, 1.82) is 0 Å². The number of anilines is 1. The van der Waals surface area contributed by atoms with Gasteiger partial charge in [-0.3, -0.25) is 24.0 Å². The number of rotatable bonds is 17. The van der Waals surface area contributed by atoms with Gasteiger partial charge in [0.25, 0.3) is 0 Å². The molecule has 2 aromatic rings. The third-order valence-corrected chi connectivity index (χ3v) is 6.67. The monoisotopic (exact) mass is 575 g/mol. The number of carbonyl (C=O) groups is 5. The second-order valence-corrected chi connectivity index (χ2v) is 10.5. The Kier molecular flexibility index (Phi) is 13.4. The van der Waals surface area contributed by atoms with Gasteiger partial charge in [-0.2, -0.15) is 5.10 Å². The molecule has 0 aromatic heterocycles. The molecule has 2 aromatic carbocycles. The maximum Gasteiger partial charge on any atom is 0.224 e. The van der Waals surface area contributed by atoms with Crippen molar-refractivity contribution >= 4 is 46.4 Å². The number of hydrogen-bond donors (Lipinski definition) is 3. The van der Waals surface area contributed by atoms with Crippen LogP contribution in [0.15, 0.2) is 46.6 Å². The number of nitrogens with zero attached hydrogens (tertiary/aromatic N) is 2. The summed E-state index contributed by atoms with van der Waals surface area (Å²) in [6, 6.07) is 9.96. The van der Waals surface area contributed by atoms with Crippen molar-refractivity contribution in [2.45, 2.75) is 85.5 Å². The fourth-order valence-electron chi connectivity index (χ4n) is 4.36. The third kappa shape index (κ3) is 12.0. The molecule has 0 unspecified atom stereocenters. The Bertz CT molecular complexity index is 1360. The van der Waals surface area contributed by atoms with E-state index in [1.54, 1.807) is 31.2 Å². The fraction of sp³-hybridized carbons (Fsp3) is 0.406. The van der Waals surface area contributed by atoms with Crippen LogP contribution in [-0.4, -0.2) is 40.7 Å². The molecule has 0 heterocycles. The van der Waals surface area contributed by atoms with Crippen LogP contribution < -0.4 is 16.8 Å². The third-order valence-electron chi connectivity index (χ3n) is 6.67. The Morgan fingerprint density at radius 3 is 1.64 bits per heavy atom. The van der Waals surface area contributed by atoms with Gasteiger partial charge in [-0.25, -0.2) is 0 Å². The summed E-state index contributed by atoms with van der Waals surface area (Å²) in [5.41, 5.74) is 14.3. The molecular weight excluding hydrogens is 534 g/mol. The minimum atomic E-state index is -0.173. The Morgan fingerprint density at radius 2 is 1.10 bits per heavy atom. The number of Topliss-reactive ketones (excluding diaryl/α,β-unsaturated/α-hetero) is 4. The van der Waals surface area contributed by atoms with Crippen molar-refractivity contribution in [3.8, 4) is 0 Å². The lowest BCUT2D eigenvalue weighted by atomic mass is 9.96. The molecule has 1 amide bonds. The molecule has 0 aliphatic heterocycles. The normalized spacial score (nSPS) is 11.1. The van der Waals surface area contributed by atoms with Crippen molar-refractivity contribution in [2.24, 2.45) is 21.7 Å². The molecule has 0 spiro atoms. The van der Waals surface area contributed by atoms with Crippen molar-refractivity contribution in [3.63, 3.8) is 0 Å². The lowest BCUT2D eigenvalue weighted by Gasteiger charge is -2.09. The molecule has 0 saturated carbocycles. The summed E-state index contributed by atoms with van der Waals surface area (Å²) in [4.78, 5) is 60.4. The molecule has 0 radical (unpaired) electrons. The molecule has 5 N–H and O–H groups in total. The highest BCUT2D eigenvalue weighted by molar-refractivity contribution is 6.03. The van der Waals surface area contributed by atoms with Gasteiger partial charge in [-0.15, -0.1) is 5.10 Å². The van der Waals surface area contributed by atoms with E-state index in [1.165, 1.54) is 26.8 Å². The van der Waals surface area contributed by atoms with E-state index in [0.29, 0.717) is 46.5 Å². The van der Waals surface area contributed by atoms with E-state index in [4.69, 9.17) is 11.5 Å². The highest BCUT2D eigenvalue weighted by atomic mass is 16.2. The molecule has 42 heavy (non-hydrogen) atoms. The van der Waals surface area contributed by atoms with Gasteiger partial charge in [-0.05, 0) is 88.1 Å². The number of carbonyl (C=O) groups excluding carboxylic acids is 5. The topological polar surface area (TPSA) is 174 Å². The lowest BCUT2D eigenvalue weighted by molar-refractivity contribution is -0.118. The van der Waals surface area contributed by atoms with Crippen LogP contribution in [0.4, 0.5) is 5.69 Å². The minimum absolute atomic E-state index is 0.0962. The zero-order chi connectivity index (χ0) is 31.2. The van der Waals surface area contributed by atoms with E-state index in [0.717, 1.165) is 44.1 Å². The molecule has 0 aliphatic carbocycles. The molecule has 0 bridgehead atoms. The Balaban J connectivity index is 1.73. The van der Waals surface area contributed by atoms with Gasteiger partial charge in [0.05, 0.1) is 5.71 Å². The Hall–Kier alpha value is -4.47. The van der Waals surface area contributed by atoms with E-state index in [2.05, 4.69) is 15.5 Å². The zero-order valence-corrected chi connectivity index (χ0v) is 24.9. The lowest BCUT2D eigenvalue weighted by Crippen LogP contribution is -2.22. The molecule has 0 saturated heterocycles. The first-order valence-electron chi connectivity index (χ1n) is 14.1. The van der Waals surface area contributed by atoms with Crippen molar-refractivity contribution in [1.82, 2.24) is 0 Å². The average Bonchev–Trinajstić information content (AvgIpc) is 2.92. The second kappa shape index (κ2) is 16.7. The van der Waals surface area contributed by atoms with Gasteiger partial charge >= 0.3 is 0 Å². The van der Waals surface area contributed by atoms with Crippen LogP contribution in [0.5, 0.6) is 0 Å². The summed E-state index contributed by atoms with van der Waals surface area (Å²) in [5, 5.41) is 10.4. The van der Waals surface area contributed by atoms with E-state index < -0.39 is 0 Å². The van der Waals surface area contributed by atoms with Gasteiger partial charge in [-0.1, -0.05) is 25.7 Å². The summed E-state index contributed by atoms with van der Waals surface area (Å²) in [6.45, 7) is 6.03. The minimum Gasteiger partial charge on any atom is -0.369 e. The molecule has 0 atom stereocenters. The first-order chi connectivity index (χ1) is 19.8. The van der Waals surface area contributed by atoms with Gasteiger partial charge in [0.2, 0.25) is 11.9 Å². The summed E-state index contributed by atoms with van der Waals surface area (Å²) < 4.78 is 0. The summed E-state index contributed by atoms with van der Waals surface area (Å²) in [5.74, 6) is -0.692. The molecule has 10 nitrogen and oxygen atoms in total. The summed E-state index contributed by atoms with van der Waals surface area (Å²) in [7, 11) is 0. The predicted octanol–water partition coefficient (Wildman–Crippen LogP) is 5.16. The van der Waals surface area contributed by atoms with Crippen LogP contribution in [0.2, 0.25) is 0 Å². The van der Waals surface area contributed by atoms with Crippen LogP contribution in [0.25, 0.3) is 0 Å². The van der Waals surface area contributed by atoms with Crippen molar-refractivity contribution in [2.75, 3.05) is 5.32 Å². The number of unbranched alkanes of at least 4 members (excludes halogenated alkanes) is 5. The molecule has 10 heteroatoms. The quantitative estimate of drug-likeness (QED) is 0.0767. The summed E-state index contributed by atoms with van der Waals surface area (Å²) >= 11 is 0. The first-order valence-corrected chi connectivity index (χ1v) is 14.1. The standard InChI is InChI=1S/C32H41N5O5/c1-20(36-37-32(33)34)25-13-24(14-26(16-25)21(2)38)15-30(41)11-9-7-5-6-8-10-12-31(42)35-29-18-27(22(3)39)17-28(19-29)23(4)40/h13-14,16-19H,5-12,15H2,1-4H3,(H,35,42)(H4,33,34,37)/b36-20+. The van der Waals surface area contributed by atoms with Gasteiger partial charge in [0, 0.05) is 41.6 Å². The second-order valence-electron chi connectivity index (χ2n) is 10.5. The van der Waals surface area contributed by atoms with Crippen molar-refractivity contribution < 1.29 is 24.0 Å². The average molecular weight is 576 g/mol. The van der Waals surface area contributed by atoms with Gasteiger partial charge in [0.1, 0.15) is 5.78 Å². The number of amides is 1. The SMILES string of the molecule is CC(=O)c1cc(NC(=O)CCCCCCCCC(=O)Cc2cc(C(C)=O)cc(/C(C)=N/N=C(N)N)c2)cc(C(C)=O)c1. The van der Waals surface area contributed by atoms with E-state index >= 15 is 0 Å².